The van der Waals surface area contributed by atoms with E-state index in [0.29, 0.717) is 12.1 Å². The number of nitrogens with zero attached hydrogens (tertiary/aromatic N) is 1. The quantitative estimate of drug-likeness (QED) is 0.694. The molecule has 0 fully saturated rings. The molecule has 0 spiro atoms. The second-order valence-corrected chi connectivity index (χ2v) is 6.16. The number of nitrogens with two attached hydrogens (primary N) is 1. The topological polar surface area (TPSA) is 101 Å². The van der Waals surface area contributed by atoms with Gasteiger partial charge in [-0.05, 0) is 24.1 Å². The van der Waals surface area contributed by atoms with Gasteiger partial charge in [-0.2, -0.15) is 0 Å². The van der Waals surface area contributed by atoms with Crippen LogP contribution in [0.25, 0.3) is 0 Å². The summed E-state index contributed by atoms with van der Waals surface area (Å²) in [4.78, 5) is 7.14. The Balaban J connectivity index is 2.04. The molecule has 0 saturated heterocycles. The Hall–Kier alpha value is -1.86. The third kappa shape index (κ3) is 3.37. The van der Waals surface area contributed by atoms with Gasteiger partial charge in [0.05, 0.1) is 4.90 Å². The molecule has 0 aliphatic heterocycles. The third-order valence-corrected chi connectivity index (χ3v) is 4.48. The van der Waals surface area contributed by atoms with Gasteiger partial charge in [0.1, 0.15) is 5.82 Å². The number of sulfonamides is 1. The molecule has 0 radical (unpaired) electrons. The summed E-state index contributed by atoms with van der Waals surface area (Å²) in [5.41, 5.74) is 7.27. The van der Waals surface area contributed by atoms with Crippen LogP contribution in [0.3, 0.4) is 0 Å². The molecule has 1 heterocycles. The lowest BCUT2D eigenvalue weighted by Gasteiger charge is -2.09. The Kier molecular flexibility index (Phi) is 4.41. The van der Waals surface area contributed by atoms with Crippen LogP contribution in [0.5, 0.6) is 0 Å². The van der Waals surface area contributed by atoms with Crippen LogP contribution in [0.2, 0.25) is 0 Å². The van der Waals surface area contributed by atoms with Gasteiger partial charge in [0.25, 0.3) is 0 Å². The third-order valence-electron chi connectivity index (χ3n) is 3.02. The Morgan fingerprint density at radius 1 is 1.40 bits per heavy atom. The molecule has 0 aliphatic rings. The molecule has 1 aromatic carbocycles. The van der Waals surface area contributed by atoms with Crippen LogP contribution >= 0.6 is 0 Å². The van der Waals surface area contributed by atoms with Crippen molar-refractivity contribution in [2.75, 3.05) is 12.3 Å². The molecular formula is C13H18N4O2S. The molecule has 0 bridgehead atoms. The minimum absolute atomic E-state index is 0.187. The Morgan fingerprint density at radius 3 is 2.80 bits per heavy atom. The Bertz CT molecular complexity index is 666. The van der Waals surface area contributed by atoms with Crippen molar-refractivity contribution in [3.8, 4) is 0 Å². The summed E-state index contributed by atoms with van der Waals surface area (Å²) in [5, 5.41) is 0. The molecular weight excluding hydrogens is 276 g/mol. The van der Waals surface area contributed by atoms with Gasteiger partial charge in [-0.25, -0.2) is 18.1 Å². The molecule has 4 N–H and O–H groups in total. The highest BCUT2D eigenvalue weighted by Gasteiger charge is 2.14. The van der Waals surface area contributed by atoms with Gasteiger partial charge in [-0.3, -0.25) is 0 Å². The number of benzene rings is 1. The SMILES string of the molecule is CCc1ccc(S(=O)(=O)NCCc2ncc[nH]2)cc1N. The van der Waals surface area contributed by atoms with Gasteiger partial charge in [0.2, 0.25) is 10.0 Å². The molecule has 1 aromatic heterocycles. The zero-order valence-corrected chi connectivity index (χ0v) is 12.1. The maximum Gasteiger partial charge on any atom is 0.240 e. The number of hydrogen-bond acceptors (Lipinski definition) is 4. The van der Waals surface area contributed by atoms with Crippen LogP contribution in [-0.4, -0.2) is 24.9 Å². The highest BCUT2D eigenvalue weighted by molar-refractivity contribution is 7.89. The summed E-state index contributed by atoms with van der Waals surface area (Å²) in [6.07, 6.45) is 4.62. The molecule has 2 rings (SSSR count). The van der Waals surface area contributed by atoms with Gasteiger partial charge in [-0.1, -0.05) is 13.0 Å². The molecule has 0 atom stereocenters. The summed E-state index contributed by atoms with van der Waals surface area (Å²) in [5.74, 6) is 0.744. The minimum Gasteiger partial charge on any atom is -0.398 e. The molecule has 0 amide bonds. The number of aromatic amines is 1. The van der Waals surface area contributed by atoms with E-state index in [1.165, 1.54) is 6.07 Å². The fourth-order valence-electron chi connectivity index (χ4n) is 1.88. The highest BCUT2D eigenvalue weighted by Crippen LogP contribution is 2.18. The molecule has 6 nitrogen and oxygen atoms in total. The van der Waals surface area contributed by atoms with Crippen LogP contribution in [0, 0.1) is 0 Å². The van der Waals surface area contributed by atoms with E-state index < -0.39 is 10.0 Å². The summed E-state index contributed by atoms with van der Waals surface area (Å²) < 4.78 is 26.8. The van der Waals surface area contributed by atoms with Crippen LogP contribution in [0.15, 0.2) is 35.5 Å². The van der Waals surface area contributed by atoms with Gasteiger partial charge in [0.15, 0.2) is 0 Å². The van der Waals surface area contributed by atoms with Crippen LogP contribution in [0.4, 0.5) is 5.69 Å². The summed E-state index contributed by atoms with van der Waals surface area (Å²) in [7, 11) is -3.53. The number of H-pyrrole nitrogens is 1. The first kappa shape index (κ1) is 14.5. The number of imidazole rings is 1. The maximum absolute atomic E-state index is 12.1. The summed E-state index contributed by atoms with van der Waals surface area (Å²) >= 11 is 0. The van der Waals surface area contributed by atoms with E-state index in [0.717, 1.165) is 17.8 Å². The first-order chi connectivity index (χ1) is 9.53. The molecule has 2 aromatic rings. The van der Waals surface area contributed by atoms with Crippen molar-refractivity contribution in [1.29, 1.82) is 0 Å². The summed E-state index contributed by atoms with van der Waals surface area (Å²) in [6, 6.07) is 4.81. The number of anilines is 1. The van der Waals surface area contributed by atoms with Crippen molar-refractivity contribution in [1.82, 2.24) is 14.7 Å². The zero-order chi connectivity index (χ0) is 14.6. The van der Waals surface area contributed by atoms with E-state index >= 15 is 0 Å². The predicted molar refractivity (Wildman–Crippen MR) is 77.7 cm³/mol. The Morgan fingerprint density at radius 2 is 2.20 bits per heavy atom. The van der Waals surface area contributed by atoms with E-state index in [9.17, 15) is 8.42 Å². The fraction of sp³-hybridized carbons (Fsp3) is 0.308. The second-order valence-electron chi connectivity index (χ2n) is 4.40. The predicted octanol–water partition coefficient (Wildman–Crippen LogP) is 1.08. The maximum atomic E-state index is 12.1. The molecule has 108 valence electrons. The average Bonchev–Trinajstić information content (AvgIpc) is 2.91. The van der Waals surface area contributed by atoms with Crippen molar-refractivity contribution >= 4 is 15.7 Å². The molecule has 20 heavy (non-hydrogen) atoms. The van der Waals surface area contributed by atoms with Crippen LogP contribution in [0.1, 0.15) is 18.3 Å². The van der Waals surface area contributed by atoms with Crippen LogP contribution in [-0.2, 0) is 22.9 Å². The number of aryl methyl sites for hydroxylation is 1. The molecule has 7 heteroatoms. The highest BCUT2D eigenvalue weighted by atomic mass is 32.2. The van der Waals surface area contributed by atoms with E-state index in [1.807, 2.05) is 6.92 Å². The van der Waals surface area contributed by atoms with Crippen molar-refractivity contribution in [2.45, 2.75) is 24.7 Å². The molecule has 0 aliphatic carbocycles. The Labute approximate surface area is 118 Å². The average molecular weight is 294 g/mol. The molecule has 0 unspecified atom stereocenters. The first-order valence-corrected chi connectivity index (χ1v) is 7.87. The molecule has 0 saturated carbocycles. The zero-order valence-electron chi connectivity index (χ0n) is 11.3. The fourth-order valence-corrected chi connectivity index (χ4v) is 2.95. The van der Waals surface area contributed by atoms with E-state index in [2.05, 4.69) is 14.7 Å². The monoisotopic (exact) mass is 294 g/mol. The van der Waals surface area contributed by atoms with Gasteiger partial charge >= 0.3 is 0 Å². The van der Waals surface area contributed by atoms with Gasteiger partial charge in [0, 0.05) is 31.0 Å². The second kappa shape index (κ2) is 6.06. The number of aromatic nitrogens is 2. The van der Waals surface area contributed by atoms with Crippen molar-refractivity contribution < 1.29 is 8.42 Å². The summed E-state index contributed by atoms with van der Waals surface area (Å²) in [6.45, 7) is 2.26. The first-order valence-electron chi connectivity index (χ1n) is 6.39. The lowest BCUT2D eigenvalue weighted by atomic mass is 10.1. The smallest absolute Gasteiger partial charge is 0.240 e. The van der Waals surface area contributed by atoms with Crippen molar-refractivity contribution in [3.63, 3.8) is 0 Å². The standard InChI is InChI=1S/C13H18N4O2S/c1-2-10-3-4-11(9-12(10)14)20(18,19)17-6-5-13-15-7-8-16-13/h3-4,7-9,17H,2,5-6,14H2,1H3,(H,15,16). The van der Waals surface area contributed by atoms with Gasteiger partial charge < -0.3 is 10.7 Å². The number of nitrogens with one attached hydrogen (secondary N) is 2. The van der Waals surface area contributed by atoms with E-state index in [4.69, 9.17) is 5.73 Å². The normalized spacial score (nSPS) is 11.7. The van der Waals surface area contributed by atoms with Crippen molar-refractivity contribution in [2.24, 2.45) is 0 Å². The van der Waals surface area contributed by atoms with E-state index in [-0.39, 0.29) is 11.4 Å². The number of nitrogen functional groups attached to an aromatic ring is 1. The number of hydrogen-bond donors (Lipinski definition) is 3. The van der Waals surface area contributed by atoms with Gasteiger partial charge in [-0.15, -0.1) is 0 Å². The number of rotatable bonds is 6. The lowest BCUT2D eigenvalue weighted by molar-refractivity contribution is 0.581. The largest absolute Gasteiger partial charge is 0.398 e. The van der Waals surface area contributed by atoms with E-state index in [1.54, 1.807) is 24.5 Å². The van der Waals surface area contributed by atoms with Crippen LogP contribution < -0.4 is 10.5 Å². The lowest BCUT2D eigenvalue weighted by Crippen LogP contribution is -2.26. The minimum atomic E-state index is -3.53. The van der Waals surface area contributed by atoms with Crippen molar-refractivity contribution in [3.05, 3.63) is 42.0 Å².